The van der Waals surface area contributed by atoms with Crippen molar-refractivity contribution < 1.29 is 14.2 Å². The molecule has 6 heteroatoms. The summed E-state index contributed by atoms with van der Waals surface area (Å²) in [5, 5.41) is 3.41. The van der Waals surface area contributed by atoms with Crippen LogP contribution in [0, 0.1) is 0 Å². The molecule has 0 saturated heterocycles. The van der Waals surface area contributed by atoms with Crippen molar-refractivity contribution in [1.29, 1.82) is 0 Å². The highest BCUT2D eigenvalue weighted by Gasteiger charge is 2.07. The molecular weight excluding hydrogens is 354 g/mol. The van der Waals surface area contributed by atoms with E-state index in [-0.39, 0.29) is 0 Å². The summed E-state index contributed by atoms with van der Waals surface area (Å²) in [6.45, 7) is 2.79. The Hall–Kier alpha value is -2.73. The zero-order valence-corrected chi connectivity index (χ0v) is 17.3. The van der Waals surface area contributed by atoms with E-state index in [1.54, 1.807) is 21.3 Å². The minimum Gasteiger partial charge on any atom is -0.497 e. The van der Waals surface area contributed by atoms with Crippen molar-refractivity contribution in [1.82, 2.24) is 10.2 Å². The fourth-order valence-corrected chi connectivity index (χ4v) is 2.78. The van der Waals surface area contributed by atoms with Gasteiger partial charge in [0, 0.05) is 47.3 Å². The number of guanidine groups is 1. The molecule has 6 nitrogen and oxygen atoms in total. The van der Waals surface area contributed by atoms with Gasteiger partial charge in [-0.1, -0.05) is 24.3 Å². The monoisotopic (exact) mass is 385 g/mol. The third-order valence-electron chi connectivity index (χ3n) is 4.26. The van der Waals surface area contributed by atoms with E-state index in [4.69, 9.17) is 14.2 Å². The topological polar surface area (TPSA) is 55.3 Å². The number of aliphatic imine (C=N–C) groups is 1. The van der Waals surface area contributed by atoms with Crippen LogP contribution in [-0.2, 0) is 17.8 Å². The van der Waals surface area contributed by atoms with E-state index in [9.17, 15) is 0 Å². The van der Waals surface area contributed by atoms with E-state index in [2.05, 4.69) is 39.5 Å². The predicted octanol–water partition coefficient (Wildman–Crippen LogP) is 3.32. The van der Waals surface area contributed by atoms with Crippen molar-refractivity contribution in [3.8, 4) is 11.5 Å². The van der Waals surface area contributed by atoms with Gasteiger partial charge in [-0.15, -0.1) is 0 Å². The molecule has 0 heterocycles. The SMILES string of the molecule is CN=C(NCc1cccc(OCCCOC)c1)N(C)Cc1ccc(OC)cc1. The number of ether oxygens (including phenoxy) is 3. The Labute approximate surface area is 168 Å². The quantitative estimate of drug-likeness (QED) is 0.386. The molecule has 152 valence electrons. The highest BCUT2D eigenvalue weighted by molar-refractivity contribution is 5.79. The summed E-state index contributed by atoms with van der Waals surface area (Å²) in [5.41, 5.74) is 2.33. The van der Waals surface area contributed by atoms with Crippen molar-refractivity contribution in [2.75, 3.05) is 41.5 Å². The van der Waals surface area contributed by atoms with Crippen LogP contribution < -0.4 is 14.8 Å². The lowest BCUT2D eigenvalue weighted by Gasteiger charge is -2.22. The fourth-order valence-electron chi connectivity index (χ4n) is 2.78. The third-order valence-corrected chi connectivity index (χ3v) is 4.26. The van der Waals surface area contributed by atoms with Crippen molar-refractivity contribution in [3.05, 3.63) is 59.7 Å². The van der Waals surface area contributed by atoms with Gasteiger partial charge in [0.1, 0.15) is 11.5 Å². The molecule has 0 unspecified atom stereocenters. The van der Waals surface area contributed by atoms with Crippen LogP contribution in [-0.4, -0.2) is 52.4 Å². The zero-order valence-electron chi connectivity index (χ0n) is 17.3. The van der Waals surface area contributed by atoms with Crippen LogP contribution in [0.1, 0.15) is 17.5 Å². The second-order valence-corrected chi connectivity index (χ2v) is 6.45. The molecule has 0 bridgehead atoms. The maximum Gasteiger partial charge on any atom is 0.193 e. The number of hydrogen-bond donors (Lipinski definition) is 1. The van der Waals surface area contributed by atoms with E-state index in [0.29, 0.717) is 19.8 Å². The summed E-state index contributed by atoms with van der Waals surface area (Å²) in [6.07, 6.45) is 0.877. The molecule has 0 atom stereocenters. The molecule has 0 fully saturated rings. The Morgan fingerprint density at radius 2 is 1.79 bits per heavy atom. The highest BCUT2D eigenvalue weighted by Crippen LogP contribution is 2.14. The molecule has 0 amide bonds. The zero-order chi connectivity index (χ0) is 20.2. The van der Waals surface area contributed by atoms with Gasteiger partial charge >= 0.3 is 0 Å². The molecule has 0 spiro atoms. The van der Waals surface area contributed by atoms with Crippen molar-refractivity contribution >= 4 is 5.96 Å². The number of hydrogen-bond acceptors (Lipinski definition) is 4. The molecule has 0 saturated carbocycles. The van der Waals surface area contributed by atoms with E-state index < -0.39 is 0 Å². The van der Waals surface area contributed by atoms with Gasteiger partial charge in [0.15, 0.2) is 5.96 Å². The molecule has 0 aliphatic carbocycles. The third kappa shape index (κ3) is 7.12. The Morgan fingerprint density at radius 3 is 2.46 bits per heavy atom. The van der Waals surface area contributed by atoms with Crippen LogP contribution in [0.3, 0.4) is 0 Å². The van der Waals surface area contributed by atoms with Gasteiger partial charge in [-0.25, -0.2) is 0 Å². The number of nitrogens with one attached hydrogen (secondary N) is 1. The molecule has 0 radical (unpaired) electrons. The first-order valence-corrected chi connectivity index (χ1v) is 9.41. The van der Waals surface area contributed by atoms with Gasteiger partial charge in [-0.2, -0.15) is 0 Å². The minimum atomic E-state index is 0.650. The predicted molar refractivity (Wildman–Crippen MR) is 113 cm³/mol. The Kier molecular flexibility index (Phi) is 9.15. The van der Waals surface area contributed by atoms with Gasteiger partial charge in [0.25, 0.3) is 0 Å². The number of methoxy groups -OCH3 is 2. The van der Waals surface area contributed by atoms with Crippen LogP contribution in [0.2, 0.25) is 0 Å². The molecular formula is C22H31N3O3. The van der Waals surface area contributed by atoms with E-state index >= 15 is 0 Å². The summed E-state index contributed by atoms with van der Waals surface area (Å²) in [5.74, 6) is 2.57. The smallest absolute Gasteiger partial charge is 0.193 e. The van der Waals surface area contributed by atoms with E-state index in [1.807, 2.05) is 31.3 Å². The van der Waals surface area contributed by atoms with Crippen molar-refractivity contribution in [3.63, 3.8) is 0 Å². The van der Waals surface area contributed by atoms with Crippen LogP contribution in [0.25, 0.3) is 0 Å². The van der Waals surface area contributed by atoms with Crippen LogP contribution in [0.4, 0.5) is 0 Å². The summed E-state index contributed by atoms with van der Waals surface area (Å²) >= 11 is 0. The molecule has 2 aromatic rings. The first-order chi connectivity index (χ1) is 13.7. The molecule has 1 N–H and O–H groups in total. The normalized spacial score (nSPS) is 11.2. The number of benzene rings is 2. The summed E-state index contributed by atoms with van der Waals surface area (Å²) in [4.78, 5) is 6.48. The van der Waals surface area contributed by atoms with Gasteiger partial charge in [0.05, 0.1) is 13.7 Å². The molecule has 2 rings (SSSR count). The van der Waals surface area contributed by atoms with Crippen LogP contribution >= 0.6 is 0 Å². The van der Waals surface area contributed by atoms with Crippen LogP contribution in [0.15, 0.2) is 53.5 Å². The highest BCUT2D eigenvalue weighted by atomic mass is 16.5. The lowest BCUT2D eigenvalue weighted by molar-refractivity contribution is 0.172. The largest absolute Gasteiger partial charge is 0.497 e. The Balaban J connectivity index is 1.86. The minimum absolute atomic E-state index is 0.650. The van der Waals surface area contributed by atoms with Crippen molar-refractivity contribution in [2.45, 2.75) is 19.5 Å². The lowest BCUT2D eigenvalue weighted by Crippen LogP contribution is -2.38. The molecule has 28 heavy (non-hydrogen) atoms. The maximum absolute atomic E-state index is 5.77. The maximum atomic E-state index is 5.77. The number of rotatable bonds is 10. The average molecular weight is 386 g/mol. The summed E-state index contributed by atoms with van der Waals surface area (Å²) in [6, 6.07) is 16.2. The van der Waals surface area contributed by atoms with Crippen LogP contribution in [0.5, 0.6) is 11.5 Å². The molecule has 2 aromatic carbocycles. The van der Waals surface area contributed by atoms with Gasteiger partial charge < -0.3 is 24.4 Å². The second-order valence-electron chi connectivity index (χ2n) is 6.45. The van der Waals surface area contributed by atoms with Gasteiger partial charge in [-0.05, 0) is 35.4 Å². The molecule has 0 aromatic heterocycles. The lowest BCUT2D eigenvalue weighted by atomic mass is 10.2. The van der Waals surface area contributed by atoms with E-state index in [0.717, 1.165) is 36.0 Å². The molecule has 0 aliphatic rings. The summed E-state index contributed by atoms with van der Waals surface area (Å²) in [7, 11) is 7.19. The summed E-state index contributed by atoms with van der Waals surface area (Å²) < 4.78 is 16.0. The Morgan fingerprint density at radius 1 is 1.00 bits per heavy atom. The standard InChI is InChI=1S/C22H31N3O3/c1-23-22(25(2)17-18-9-11-20(27-4)12-10-18)24-16-19-7-5-8-21(15-19)28-14-6-13-26-3/h5,7-12,15H,6,13-14,16-17H2,1-4H3,(H,23,24). The number of nitrogens with zero attached hydrogens (tertiary/aromatic N) is 2. The first kappa shape index (κ1) is 21.6. The average Bonchev–Trinajstić information content (AvgIpc) is 2.72. The first-order valence-electron chi connectivity index (χ1n) is 9.41. The second kappa shape index (κ2) is 11.9. The molecule has 0 aliphatic heterocycles. The van der Waals surface area contributed by atoms with Gasteiger partial charge in [0.2, 0.25) is 0 Å². The van der Waals surface area contributed by atoms with Crippen molar-refractivity contribution in [2.24, 2.45) is 4.99 Å². The van der Waals surface area contributed by atoms with Gasteiger partial charge in [-0.3, -0.25) is 4.99 Å². The van der Waals surface area contributed by atoms with E-state index in [1.165, 1.54) is 5.56 Å². The fraction of sp³-hybridized carbons (Fsp3) is 0.409. The Bertz CT molecular complexity index is 732.